The van der Waals surface area contributed by atoms with Crippen LogP contribution in [0, 0.1) is 17.8 Å². The van der Waals surface area contributed by atoms with Crippen LogP contribution in [0.3, 0.4) is 0 Å². The molecule has 0 aliphatic heterocycles. The van der Waals surface area contributed by atoms with E-state index in [4.69, 9.17) is 0 Å². The average molecular weight is 280 g/mol. The first-order valence-electron chi connectivity index (χ1n) is 8.44. The fourth-order valence-electron chi connectivity index (χ4n) is 5.08. The van der Waals surface area contributed by atoms with Gasteiger partial charge in [0.15, 0.2) is 0 Å². The molecule has 0 radical (unpaired) electrons. The van der Waals surface area contributed by atoms with Crippen molar-refractivity contribution in [3.05, 3.63) is 47.0 Å². The summed E-state index contributed by atoms with van der Waals surface area (Å²) in [6, 6.07) is 6.72. The number of fused-ring (bicyclic) bond motifs is 5. The Labute approximate surface area is 127 Å². The van der Waals surface area contributed by atoms with Crippen molar-refractivity contribution in [2.24, 2.45) is 17.8 Å². The van der Waals surface area contributed by atoms with E-state index in [9.17, 15) is 4.79 Å². The highest BCUT2D eigenvalue weighted by Crippen LogP contribution is 2.57. The topological polar surface area (TPSA) is 17.1 Å². The van der Waals surface area contributed by atoms with Crippen molar-refractivity contribution in [2.75, 3.05) is 0 Å². The van der Waals surface area contributed by atoms with Crippen molar-refractivity contribution in [1.29, 1.82) is 0 Å². The Morgan fingerprint density at radius 1 is 1.24 bits per heavy atom. The lowest BCUT2D eigenvalue weighted by atomic mass is 9.61. The van der Waals surface area contributed by atoms with Crippen LogP contribution in [-0.4, -0.2) is 5.78 Å². The van der Waals surface area contributed by atoms with E-state index in [0.717, 1.165) is 25.7 Å². The van der Waals surface area contributed by atoms with Crippen molar-refractivity contribution in [3.63, 3.8) is 0 Å². The standard InChI is InChI=1S/C20H24O/c1-13(2)10-15-4-3-5-18-17(15)8-9-19(21)20(18)12-14-6-7-16(20)11-14/h3-7,13-14,16H,8-12H2,1-2H3. The van der Waals surface area contributed by atoms with Crippen LogP contribution >= 0.6 is 0 Å². The quantitative estimate of drug-likeness (QED) is 0.741. The minimum Gasteiger partial charge on any atom is -0.299 e. The molecule has 1 heteroatoms. The second-order valence-corrected chi connectivity index (χ2v) is 7.63. The molecule has 3 aliphatic rings. The van der Waals surface area contributed by atoms with Crippen molar-refractivity contribution in [1.82, 2.24) is 0 Å². The Morgan fingerprint density at radius 3 is 2.76 bits per heavy atom. The van der Waals surface area contributed by atoms with Crippen molar-refractivity contribution in [3.8, 4) is 0 Å². The van der Waals surface area contributed by atoms with Gasteiger partial charge in [0.1, 0.15) is 5.78 Å². The Bertz CT molecular complexity index is 625. The summed E-state index contributed by atoms with van der Waals surface area (Å²) < 4.78 is 0. The van der Waals surface area contributed by atoms with E-state index in [0.29, 0.717) is 23.5 Å². The van der Waals surface area contributed by atoms with Gasteiger partial charge in [-0.1, -0.05) is 44.2 Å². The molecule has 3 unspecified atom stereocenters. The SMILES string of the molecule is CC(C)Cc1cccc2c1CCC(=O)C21CC2C=CC1C2. The predicted octanol–water partition coefficient (Wildman–Crippen LogP) is 4.23. The normalized spacial score (nSPS) is 33.2. The van der Waals surface area contributed by atoms with E-state index in [1.165, 1.54) is 23.1 Å². The number of benzene rings is 1. The van der Waals surface area contributed by atoms with Crippen molar-refractivity contribution >= 4 is 5.78 Å². The molecule has 1 fully saturated rings. The highest BCUT2D eigenvalue weighted by molar-refractivity contribution is 5.94. The van der Waals surface area contributed by atoms with Gasteiger partial charge in [0.2, 0.25) is 0 Å². The van der Waals surface area contributed by atoms with Crippen LogP contribution in [0.2, 0.25) is 0 Å². The Balaban J connectivity index is 1.86. The summed E-state index contributed by atoms with van der Waals surface area (Å²) in [5.41, 5.74) is 4.21. The minimum atomic E-state index is -0.167. The van der Waals surface area contributed by atoms with Crippen LogP contribution in [0.5, 0.6) is 0 Å². The van der Waals surface area contributed by atoms with Gasteiger partial charge in [0, 0.05) is 6.42 Å². The smallest absolute Gasteiger partial charge is 0.144 e. The molecule has 3 aliphatic carbocycles. The molecular formula is C20H24O. The molecule has 110 valence electrons. The van der Waals surface area contributed by atoms with Gasteiger partial charge < -0.3 is 0 Å². The second kappa shape index (κ2) is 4.56. The molecule has 1 aromatic carbocycles. The van der Waals surface area contributed by atoms with Crippen molar-refractivity contribution in [2.45, 2.75) is 51.4 Å². The van der Waals surface area contributed by atoms with Gasteiger partial charge in [0.05, 0.1) is 5.41 Å². The van der Waals surface area contributed by atoms with Crippen LogP contribution in [0.25, 0.3) is 0 Å². The second-order valence-electron chi connectivity index (χ2n) is 7.63. The molecule has 0 amide bonds. The summed E-state index contributed by atoms with van der Waals surface area (Å²) in [5.74, 6) is 2.28. The maximum atomic E-state index is 12.9. The van der Waals surface area contributed by atoms with Gasteiger partial charge in [0.25, 0.3) is 0 Å². The first-order chi connectivity index (χ1) is 10.1. The zero-order valence-electron chi connectivity index (χ0n) is 13.1. The van der Waals surface area contributed by atoms with E-state index in [-0.39, 0.29) is 5.41 Å². The number of hydrogen-bond acceptors (Lipinski definition) is 1. The van der Waals surface area contributed by atoms with Crippen LogP contribution < -0.4 is 0 Å². The van der Waals surface area contributed by atoms with Crippen LogP contribution in [0.4, 0.5) is 0 Å². The van der Waals surface area contributed by atoms with Gasteiger partial charge in [-0.3, -0.25) is 4.79 Å². The number of carbonyl (C=O) groups is 1. The van der Waals surface area contributed by atoms with E-state index in [1.54, 1.807) is 0 Å². The number of hydrogen-bond donors (Lipinski definition) is 0. The maximum absolute atomic E-state index is 12.9. The lowest BCUT2D eigenvalue weighted by Gasteiger charge is -2.40. The molecule has 0 heterocycles. The molecule has 2 bridgehead atoms. The van der Waals surface area contributed by atoms with E-state index < -0.39 is 0 Å². The van der Waals surface area contributed by atoms with E-state index >= 15 is 0 Å². The fraction of sp³-hybridized carbons (Fsp3) is 0.550. The number of Topliss-reactive ketones (excluding diaryl/α,β-unsaturated/α-hetero) is 1. The first kappa shape index (κ1) is 13.3. The summed E-state index contributed by atoms with van der Waals surface area (Å²) in [6.45, 7) is 4.56. The lowest BCUT2D eigenvalue weighted by Crippen LogP contribution is -2.43. The average Bonchev–Trinajstić information content (AvgIpc) is 3.04. The van der Waals surface area contributed by atoms with Crippen LogP contribution in [0.1, 0.15) is 49.8 Å². The molecule has 1 spiro atoms. The zero-order valence-corrected chi connectivity index (χ0v) is 13.1. The molecule has 0 N–H and O–H groups in total. The maximum Gasteiger partial charge on any atom is 0.144 e. The third-order valence-corrected chi connectivity index (χ3v) is 5.87. The molecule has 4 rings (SSSR count). The Kier molecular flexibility index (Phi) is 2.89. The Morgan fingerprint density at radius 2 is 2.10 bits per heavy atom. The van der Waals surface area contributed by atoms with Gasteiger partial charge in [-0.25, -0.2) is 0 Å². The van der Waals surface area contributed by atoms with Gasteiger partial charge in [-0.2, -0.15) is 0 Å². The fourth-order valence-corrected chi connectivity index (χ4v) is 5.08. The lowest BCUT2D eigenvalue weighted by molar-refractivity contribution is -0.126. The molecule has 21 heavy (non-hydrogen) atoms. The van der Waals surface area contributed by atoms with Crippen LogP contribution in [-0.2, 0) is 23.1 Å². The zero-order chi connectivity index (χ0) is 14.6. The highest BCUT2D eigenvalue weighted by Gasteiger charge is 2.55. The number of carbonyl (C=O) groups excluding carboxylic acids is 1. The van der Waals surface area contributed by atoms with Gasteiger partial charge in [-0.05, 0) is 60.1 Å². The molecule has 1 saturated carbocycles. The number of ketones is 1. The molecule has 1 aromatic rings. The minimum absolute atomic E-state index is 0.167. The molecule has 0 saturated heterocycles. The third kappa shape index (κ3) is 1.79. The summed E-state index contributed by atoms with van der Waals surface area (Å²) in [4.78, 5) is 12.9. The van der Waals surface area contributed by atoms with E-state index in [1.807, 2.05) is 0 Å². The van der Waals surface area contributed by atoms with Gasteiger partial charge >= 0.3 is 0 Å². The van der Waals surface area contributed by atoms with E-state index in [2.05, 4.69) is 44.2 Å². The first-order valence-corrected chi connectivity index (χ1v) is 8.44. The number of rotatable bonds is 2. The Hall–Kier alpha value is -1.37. The van der Waals surface area contributed by atoms with Crippen molar-refractivity contribution < 1.29 is 4.79 Å². The molecular weight excluding hydrogens is 256 g/mol. The third-order valence-electron chi connectivity index (χ3n) is 5.87. The van der Waals surface area contributed by atoms with Crippen LogP contribution in [0.15, 0.2) is 30.4 Å². The summed E-state index contributed by atoms with van der Waals surface area (Å²) in [7, 11) is 0. The predicted molar refractivity (Wildman–Crippen MR) is 85.3 cm³/mol. The molecule has 0 aromatic heterocycles. The summed E-state index contributed by atoms with van der Waals surface area (Å²) >= 11 is 0. The largest absolute Gasteiger partial charge is 0.299 e. The monoisotopic (exact) mass is 280 g/mol. The molecule has 1 nitrogen and oxygen atoms in total. The summed E-state index contributed by atoms with van der Waals surface area (Å²) in [5, 5.41) is 0. The molecule has 3 atom stereocenters. The number of allylic oxidation sites excluding steroid dienone is 2. The highest BCUT2D eigenvalue weighted by atomic mass is 16.1. The van der Waals surface area contributed by atoms with Gasteiger partial charge in [-0.15, -0.1) is 0 Å². The summed E-state index contributed by atoms with van der Waals surface area (Å²) in [6.07, 6.45) is 9.77.